The molecule has 0 aliphatic carbocycles. The largest absolute Gasteiger partial charge is 0.393 e. The van der Waals surface area contributed by atoms with E-state index in [1.165, 1.54) is 0 Å². The molecule has 2 heterocycles. The molecular formula is C14H24N4O2. The van der Waals surface area contributed by atoms with Crippen molar-refractivity contribution in [2.45, 2.75) is 45.8 Å². The van der Waals surface area contributed by atoms with Gasteiger partial charge in [0.05, 0.1) is 18.0 Å². The highest BCUT2D eigenvalue weighted by Gasteiger charge is 2.26. The second kappa shape index (κ2) is 6.74. The molecule has 1 aliphatic rings. The van der Waals surface area contributed by atoms with Crippen molar-refractivity contribution in [2.75, 3.05) is 18.4 Å². The Kier molecular flexibility index (Phi) is 5.00. The second-order valence-corrected chi connectivity index (χ2v) is 5.51. The fourth-order valence-electron chi connectivity index (χ4n) is 2.57. The number of hydrogen-bond donors (Lipinski definition) is 2. The zero-order chi connectivity index (χ0) is 14.5. The Morgan fingerprint density at radius 2 is 2.45 bits per heavy atom. The molecule has 0 saturated carbocycles. The van der Waals surface area contributed by atoms with Crippen LogP contribution in [0, 0.1) is 5.92 Å². The van der Waals surface area contributed by atoms with E-state index in [0.29, 0.717) is 6.54 Å². The number of urea groups is 1. The van der Waals surface area contributed by atoms with Gasteiger partial charge in [0.1, 0.15) is 0 Å². The maximum absolute atomic E-state index is 12.2. The van der Waals surface area contributed by atoms with Gasteiger partial charge >= 0.3 is 6.03 Å². The van der Waals surface area contributed by atoms with Crippen LogP contribution in [0.25, 0.3) is 0 Å². The summed E-state index contributed by atoms with van der Waals surface area (Å²) in [5.41, 5.74) is 0.725. The lowest BCUT2D eigenvalue weighted by Crippen LogP contribution is -2.44. The Bertz CT molecular complexity index is 444. The summed E-state index contributed by atoms with van der Waals surface area (Å²) in [5.74, 6) is 0.178. The zero-order valence-electron chi connectivity index (χ0n) is 12.2. The highest BCUT2D eigenvalue weighted by molar-refractivity contribution is 5.89. The molecule has 0 bridgehead atoms. The summed E-state index contributed by atoms with van der Waals surface area (Å²) in [7, 11) is 0. The summed E-state index contributed by atoms with van der Waals surface area (Å²) < 4.78 is 1.82. The highest BCUT2D eigenvalue weighted by atomic mass is 16.3. The highest BCUT2D eigenvalue weighted by Crippen LogP contribution is 2.20. The summed E-state index contributed by atoms with van der Waals surface area (Å²) in [6.07, 6.45) is 6.09. The van der Waals surface area contributed by atoms with Crippen molar-refractivity contribution in [3.63, 3.8) is 0 Å². The number of hydrogen-bond acceptors (Lipinski definition) is 3. The van der Waals surface area contributed by atoms with Crippen LogP contribution in [-0.2, 0) is 6.54 Å². The summed E-state index contributed by atoms with van der Waals surface area (Å²) in [4.78, 5) is 14.0. The third kappa shape index (κ3) is 3.72. The van der Waals surface area contributed by atoms with Gasteiger partial charge in [-0.05, 0) is 26.2 Å². The quantitative estimate of drug-likeness (QED) is 0.885. The Hall–Kier alpha value is -1.56. The predicted molar refractivity (Wildman–Crippen MR) is 77.5 cm³/mol. The number of nitrogens with one attached hydrogen (secondary N) is 1. The molecule has 2 amide bonds. The smallest absolute Gasteiger partial charge is 0.321 e. The standard InChI is InChI=1S/C14H24N4O2/c1-3-6-18-10-13(8-15-18)16-14(20)17-7-4-5-12(9-17)11(2)19/h8,10-12,19H,3-7,9H2,1-2H3,(H,16,20). The molecule has 2 unspecified atom stereocenters. The first-order valence-corrected chi connectivity index (χ1v) is 7.36. The van der Waals surface area contributed by atoms with Crippen LogP contribution in [0.1, 0.15) is 33.1 Å². The minimum Gasteiger partial charge on any atom is -0.393 e. The van der Waals surface area contributed by atoms with Gasteiger partial charge in [0.15, 0.2) is 0 Å². The minimum atomic E-state index is -0.363. The molecule has 6 nitrogen and oxygen atoms in total. The molecule has 20 heavy (non-hydrogen) atoms. The van der Waals surface area contributed by atoms with Crippen LogP contribution in [0.2, 0.25) is 0 Å². The van der Waals surface area contributed by atoms with E-state index in [1.807, 2.05) is 10.9 Å². The third-order valence-electron chi connectivity index (χ3n) is 3.76. The van der Waals surface area contributed by atoms with Crippen LogP contribution in [0.5, 0.6) is 0 Å². The monoisotopic (exact) mass is 280 g/mol. The second-order valence-electron chi connectivity index (χ2n) is 5.51. The number of nitrogens with zero attached hydrogens (tertiary/aromatic N) is 3. The van der Waals surface area contributed by atoms with Crippen molar-refractivity contribution in [1.29, 1.82) is 0 Å². The number of piperidine rings is 1. The SMILES string of the molecule is CCCn1cc(NC(=O)N2CCCC(C(C)O)C2)cn1. The lowest BCUT2D eigenvalue weighted by atomic mass is 9.94. The Morgan fingerprint density at radius 1 is 1.65 bits per heavy atom. The summed E-state index contributed by atoms with van der Waals surface area (Å²) >= 11 is 0. The van der Waals surface area contributed by atoms with Gasteiger partial charge in [-0.25, -0.2) is 4.79 Å². The van der Waals surface area contributed by atoms with Gasteiger partial charge in [-0.15, -0.1) is 0 Å². The van der Waals surface area contributed by atoms with Gasteiger partial charge in [0.25, 0.3) is 0 Å². The van der Waals surface area contributed by atoms with Gasteiger partial charge in [0, 0.05) is 31.7 Å². The van der Waals surface area contributed by atoms with Crippen molar-refractivity contribution in [2.24, 2.45) is 5.92 Å². The first-order chi connectivity index (χ1) is 9.60. The van der Waals surface area contributed by atoms with E-state index >= 15 is 0 Å². The molecule has 2 rings (SSSR count). The van der Waals surface area contributed by atoms with Crippen molar-refractivity contribution >= 4 is 11.7 Å². The van der Waals surface area contributed by atoms with Crippen molar-refractivity contribution in [3.8, 4) is 0 Å². The summed E-state index contributed by atoms with van der Waals surface area (Å²) in [5, 5.41) is 16.7. The van der Waals surface area contributed by atoms with E-state index < -0.39 is 0 Å². The van der Waals surface area contributed by atoms with E-state index in [-0.39, 0.29) is 18.1 Å². The number of rotatable bonds is 4. The summed E-state index contributed by atoms with van der Waals surface area (Å²) in [6.45, 7) is 6.10. The van der Waals surface area contributed by atoms with Crippen LogP contribution >= 0.6 is 0 Å². The number of aryl methyl sites for hydroxylation is 1. The number of aliphatic hydroxyl groups is 1. The minimum absolute atomic E-state index is 0.105. The molecule has 2 N–H and O–H groups in total. The molecule has 0 radical (unpaired) electrons. The molecule has 0 aromatic carbocycles. The molecule has 1 aromatic rings. The van der Waals surface area contributed by atoms with Gasteiger partial charge in [-0.1, -0.05) is 6.92 Å². The number of amides is 2. The van der Waals surface area contributed by atoms with Crippen LogP contribution in [-0.4, -0.2) is 45.0 Å². The molecule has 6 heteroatoms. The topological polar surface area (TPSA) is 70.4 Å². The average molecular weight is 280 g/mol. The number of aromatic nitrogens is 2. The van der Waals surface area contributed by atoms with Gasteiger partial charge in [-0.3, -0.25) is 4.68 Å². The Morgan fingerprint density at radius 3 is 3.15 bits per heavy atom. The molecule has 2 atom stereocenters. The molecule has 1 aromatic heterocycles. The van der Waals surface area contributed by atoms with Crippen molar-refractivity contribution in [3.05, 3.63) is 12.4 Å². The van der Waals surface area contributed by atoms with Crippen LogP contribution in [0.15, 0.2) is 12.4 Å². The first kappa shape index (κ1) is 14.8. The lowest BCUT2D eigenvalue weighted by molar-refractivity contribution is 0.0766. The van der Waals surface area contributed by atoms with E-state index in [9.17, 15) is 9.90 Å². The Balaban J connectivity index is 1.90. The van der Waals surface area contributed by atoms with Crippen LogP contribution in [0.3, 0.4) is 0 Å². The zero-order valence-corrected chi connectivity index (χ0v) is 12.2. The van der Waals surface area contributed by atoms with Crippen molar-refractivity contribution in [1.82, 2.24) is 14.7 Å². The normalized spacial score (nSPS) is 20.8. The van der Waals surface area contributed by atoms with E-state index in [1.54, 1.807) is 18.0 Å². The van der Waals surface area contributed by atoms with Crippen molar-refractivity contribution < 1.29 is 9.90 Å². The first-order valence-electron chi connectivity index (χ1n) is 7.36. The molecule has 0 spiro atoms. The fourth-order valence-corrected chi connectivity index (χ4v) is 2.57. The average Bonchev–Trinajstić information content (AvgIpc) is 2.86. The van der Waals surface area contributed by atoms with Gasteiger partial charge < -0.3 is 15.3 Å². The molecule has 1 saturated heterocycles. The van der Waals surface area contributed by atoms with Crippen LogP contribution < -0.4 is 5.32 Å². The summed E-state index contributed by atoms with van der Waals surface area (Å²) in [6, 6.07) is -0.105. The number of anilines is 1. The maximum Gasteiger partial charge on any atom is 0.321 e. The molecule has 1 aliphatic heterocycles. The van der Waals surface area contributed by atoms with Gasteiger partial charge in [-0.2, -0.15) is 5.10 Å². The third-order valence-corrected chi connectivity index (χ3v) is 3.76. The van der Waals surface area contributed by atoms with Gasteiger partial charge in [0.2, 0.25) is 0 Å². The van der Waals surface area contributed by atoms with E-state index in [2.05, 4.69) is 17.3 Å². The lowest BCUT2D eigenvalue weighted by Gasteiger charge is -2.33. The predicted octanol–water partition coefficient (Wildman–Crippen LogP) is 1.92. The Labute approximate surface area is 119 Å². The molecule has 112 valence electrons. The maximum atomic E-state index is 12.2. The van der Waals surface area contributed by atoms with E-state index in [4.69, 9.17) is 0 Å². The number of aliphatic hydroxyl groups excluding tert-OH is 1. The number of carbonyl (C=O) groups is 1. The molecular weight excluding hydrogens is 256 g/mol. The number of likely N-dealkylation sites (tertiary alicyclic amines) is 1. The fraction of sp³-hybridized carbons (Fsp3) is 0.714. The van der Waals surface area contributed by atoms with E-state index in [0.717, 1.165) is 38.0 Å². The molecule has 1 fully saturated rings. The number of carbonyl (C=O) groups excluding carboxylic acids is 1. The van der Waals surface area contributed by atoms with Crippen LogP contribution in [0.4, 0.5) is 10.5 Å².